The highest BCUT2D eigenvalue weighted by Crippen LogP contribution is 2.18. The highest BCUT2D eigenvalue weighted by Gasteiger charge is 2.15. The van der Waals surface area contributed by atoms with Gasteiger partial charge in [-0.1, -0.05) is 18.2 Å². The average molecular weight is 246 g/mol. The minimum atomic E-state index is -0.0258. The molecule has 0 unspecified atom stereocenters. The second-order valence-electron chi connectivity index (χ2n) is 3.91. The lowest BCUT2D eigenvalue weighted by Crippen LogP contribution is -2.06. The fourth-order valence-corrected chi connectivity index (χ4v) is 2.30. The molecule has 2 rings (SSSR count). The van der Waals surface area contributed by atoms with Gasteiger partial charge in [-0.2, -0.15) is 0 Å². The van der Waals surface area contributed by atoms with Crippen LogP contribution in [0.15, 0.2) is 23.6 Å². The number of aromatic nitrogens is 1. The number of ketones is 1. The Morgan fingerprint density at radius 3 is 2.82 bits per heavy atom. The van der Waals surface area contributed by atoms with Crippen LogP contribution in [-0.2, 0) is 6.54 Å². The molecule has 0 radical (unpaired) electrons. The van der Waals surface area contributed by atoms with Crippen LogP contribution in [0.3, 0.4) is 0 Å². The van der Waals surface area contributed by atoms with Gasteiger partial charge in [0.15, 0.2) is 0 Å². The molecular formula is C13H14N2OS. The van der Waals surface area contributed by atoms with Gasteiger partial charge >= 0.3 is 0 Å². The molecule has 17 heavy (non-hydrogen) atoms. The van der Waals surface area contributed by atoms with Gasteiger partial charge in [-0.15, -0.1) is 11.3 Å². The van der Waals surface area contributed by atoms with E-state index in [0.717, 1.165) is 21.7 Å². The van der Waals surface area contributed by atoms with Crippen LogP contribution in [0.4, 0.5) is 0 Å². The summed E-state index contributed by atoms with van der Waals surface area (Å²) in [7, 11) is 0. The molecule has 0 aliphatic carbocycles. The maximum atomic E-state index is 12.3. The summed E-state index contributed by atoms with van der Waals surface area (Å²) in [4.78, 5) is 16.5. The van der Waals surface area contributed by atoms with Gasteiger partial charge in [0.1, 0.15) is 10.7 Å². The lowest BCUT2D eigenvalue weighted by Gasteiger charge is -2.05. The standard InChI is InChI=1S/C13H14N2OS/c1-8-4-3-5-10(9(8)2)13(16)11-7-17-12(6-14)15-11/h3-5,7H,6,14H2,1-2H3. The SMILES string of the molecule is Cc1cccc(C(=O)c2csc(CN)n2)c1C. The van der Waals surface area contributed by atoms with Crippen LogP contribution >= 0.6 is 11.3 Å². The first-order valence-electron chi connectivity index (χ1n) is 5.39. The van der Waals surface area contributed by atoms with Gasteiger partial charge < -0.3 is 5.73 Å². The number of carbonyl (C=O) groups is 1. The number of nitrogens with zero attached hydrogens (tertiary/aromatic N) is 1. The van der Waals surface area contributed by atoms with E-state index in [0.29, 0.717) is 12.2 Å². The first kappa shape index (κ1) is 12.0. The first-order chi connectivity index (χ1) is 8.13. The molecule has 2 N–H and O–H groups in total. The highest BCUT2D eigenvalue weighted by molar-refractivity contribution is 7.09. The van der Waals surface area contributed by atoms with Crippen molar-refractivity contribution in [2.24, 2.45) is 5.73 Å². The van der Waals surface area contributed by atoms with E-state index < -0.39 is 0 Å². The number of carbonyl (C=O) groups excluding carboxylic acids is 1. The number of hydrogen-bond acceptors (Lipinski definition) is 4. The Balaban J connectivity index is 2.40. The Bertz CT molecular complexity index is 560. The van der Waals surface area contributed by atoms with E-state index in [1.165, 1.54) is 11.3 Å². The summed E-state index contributed by atoms with van der Waals surface area (Å²) in [6, 6.07) is 5.73. The number of aryl methyl sites for hydroxylation is 1. The van der Waals surface area contributed by atoms with Crippen LogP contribution in [0.1, 0.15) is 32.2 Å². The van der Waals surface area contributed by atoms with Crippen molar-refractivity contribution >= 4 is 17.1 Å². The Morgan fingerprint density at radius 1 is 1.41 bits per heavy atom. The topological polar surface area (TPSA) is 56.0 Å². The van der Waals surface area contributed by atoms with Crippen molar-refractivity contribution in [1.29, 1.82) is 0 Å². The quantitative estimate of drug-likeness (QED) is 0.846. The number of hydrogen-bond donors (Lipinski definition) is 1. The number of rotatable bonds is 3. The zero-order valence-electron chi connectivity index (χ0n) is 9.86. The van der Waals surface area contributed by atoms with E-state index in [2.05, 4.69) is 4.98 Å². The fraction of sp³-hybridized carbons (Fsp3) is 0.231. The van der Waals surface area contributed by atoms with E-state index in [9.17, 15) is 4.79 Å². The van der Waals surface area contributed by atoms with E-state index in [1.54, 1.807) is 5.38 Å². The van der Waals surface area contributed by atoms with Crippen molar-refractivity contribution in [3.63, 3.8) is 0 Å². The molecule has 3 nitrogen and oxygen atoms in total. The van der Waals surface area contributed by atoms with Crippen LogP contribution in [0.25, 0.3) is 0 Å². The minimum absolute atomic E-state index is 0.0258. The van der Waals surface area contributed by atoms with Crippen molar-refractivity contribution in [1.82, 2.24) is 4.98 Å². The number of nitrogens with two attached hydrogens (primary N) is 1. The summed E-state index contributed by atoms with van der Waals surface area (Å²) in [6.07, 6.45) is 0. The van der Waals surface area contributed by atoms with E-state index in [4.69, 9.17) is 5.73 Å². The van der Waals surface area contributed by atoms with Crippen molar-refractivity contribution in [2.75, 3.05) is 0 Å². The van der Waals surface area contributed by atoms with Gasteiger partial charge in [0, 0.05) is 17.5 Å². The molecule has 0 aliphatic rings. The molecule has 0 saturated carbocycles. The van der Waals surface area contributed by atoms with Crippen molar-refractivity contribution in [3.05, 3.63) is 51.0 Å². The van der Waals surface area contributed by atoms with Crippen LogP contribution in [0, 0.1) is 13.8 Å². The minimum Gasteiger partial charge on any atom is -0.325 e. The van der Waals surface area contributed by atoms with Crippen LogP contribution < -0.4 is 5.73 Å². The smallest absolute Gasteiger partial charge is 0.212 e. The van der Waals surface area contributed by atoms with Crippen LogP contribution in [0.2, 0.25) is 0 Å². The van der Waals surface area contributed by atoms with Crippen molar-refractivity contribution < 1.29 is 4.79 Å². The Morgan fingerprint density at radius 2 is 2.18 bits per heavy atom. The van der Waals surface area contributed by atoms with E-state index in [-0.39, 0.29) is 5.78 Å². The summed E-state index contributed by atoms with van der Waals surface area (Å²) >= 11 is 1.43. The molecule has 1 aromatic carbocycles. The van der Waals surface area contributed by atoms with Gasteiger partial charge in [0.05, 0.1) is 0 Å². The van der Waals surface area contributed by atoms with E-state index >= 15 is 0 Å². The molecule has 2 aromatic rings. The summed E-state index contributed by atoms with van der Waals surface area (Å²) in [5.41, 5.74) is 8.83. The molecule has 88 valence electrons. The van der Waals surface area contributed by atoms with Crippen LogP contribution in [-0.4, -0.2) is 10.8 Å². The second kappa shape index (κ2) is 4.77. The second-order valence-corrected chi connectivity index (χ2v) is 4.85. The van der Waals surface area contributed by atoms with Crippen molar-refractivity contribution in [2.45, 2.75) is 20.4 Å². The van der Waals surface area contributed by atoms with Gasteiger partial charge in [0.2, 0.25) is 5.78 Å². The van der Waals surface area contributed by atoms with E-state index in [1.807, 2.05) is 32.0 Å². The molecule has 1 heterocycles. The third-order valence-corrected chi connectivity index (χ3v) is 3.68. The molecule has 4 heteroatoms. The maximum absolute atomic E-state index is 12.3. The molecule has 0 fully saturated rings. The molecule has 0 saturated heterocycles. The van der Waals surface area contributed by atoms with Gasteiger partial charge in [0.25, 0.3) is 0 Å². The molecule has 0 amide bonds. The Kier molecular flexibility index (Phi) is 3.36. The predicted molar refractivity (Wildman–Crippen MR) is 69.4 cm³/mol. The summed E-state index contributed by atoms with van der Waals surface area (Å²) in [5, 5.41) is 2.56. The predicted octanol–water partition coefficient (Wildman–Crippen LogP) is 2.45. The monoisotopic (exact) mass is 246 g/mol. The summed E-state index contributed by atoms with van der Waals surface area (Å²) in [5.74, 6) is -0.0258. The number of benzene rings is 1. The molecule has 0 atom stereocenters. The normalized spacial score (nSPS) is 10.5. The zero-order valence-corrected chi connectivity index (χ0v) is 10.7. The van der Waals surface area contributed by atoms with Gasteiger partial charge in [-0.25, -0.2) is 4.98 Å². The lowest BCUT2D eigenvalue weighted by atomic mass is 9.99. The fourth-order valence-electron chi connectivity index (χ4n) is 1.64. The first-order valence-corrected chi connectivity index (χ1v) is 6.27. The van der Waals surface area contributed by atoms with Crippen LogP contribution in [0.5, 0.6) is 0 Å². The molecular weight excluding hydrogens is 232 g/mol. The third-order valence-electron chi connectivity index (χ3n) is 2.81. The Labute approximate surface area is 104 Å². The maximum Gasteiger partial charge on any atom is 0.212 e. The third kappa shape index (κ3) is 2.28. The molecule has 0 spiro atoms. The van der Waals surface area contributed by atoms with Gasteiger partial charge in [-0.3, -0.25) is 4.79 Å². The zero-order chi connectivity index (χ0) is 12.4. The molecule has 0 aliphatic heterocycles. The highest BCUT2D eigenvalue weighted by atomic mass is 32.1. The van der Waals surface area contributed by atoms with Crippen molar-refractivity contribution in [3.8, 4) is 0 Å². The average Bonchev–Trinajstić information content (AvgIpc) is 2.80. The van der Waals surface area contributed by atoms with Gasteiger partial charge in [-0.05, 0) is 25.0 Å². The number of thiazole rings is 1. The Hall–Kier alpha value is -1.52. The summed E-state index contributed by atoms with van der Waals surface area (Å²) in [6.45, 7) is 4.34. The summed E-state index contributed by atoms with van der Waals surface area (Å²) < 4.78 is 0. The molecule has 1 aromatic heterocycles. The molecule has 0 bridgehead atoms. The lowest BCUT2D eigenvalue weighted by molar-refractivity contribution is 0.103. The largest absolute Gasteiger partial charge is 0.325 e.